The van der Waals surface area contributed by atoms with Crippen molar-refractivity contribution in [2.24, 2.45) is 0 Å². The average molecular weight is 268 g/mol. The maximum Gasteiger partial charge on any atom is 0.305 e. The van der Waals surface area contributed by atoms with E-state index in [4.69, 9.17) is 5.11 Å². The van der Waals surface area contributed by atoms with Crippen LogP contribution < -0.4 is 5.32 Å². The number of rotatable bonds is 5. The number of carboxylic acid groups (broad SMARTS) is 1. The second kappa shape index (κ2) is 4.83. The number of nitro groups is 1. The molecule has 0 aromatic heterocycles. The van der Waals surface area contributed by atoms with E-state index in [-0.39, 0.29) is 17.8 Å². The molecule has 1 fully saturated rings. The van der Waals surface area contributed by atoms with Crippen LogP contribution in [0.25, 0.3) is 0 Å². The van der Waals surface area contributed by atoms with Gasteiger partial charge in [-0.2, -0.15) is 0 Å². The summed E-state index contributed by atoms with van der Waals surface area (Å²) in [6.45, 7) is 0. The minimum atomic E-state index is -0.946. The van der Waals surface area contributed by atoms with Crippen molar-refractivity contribution in [2.75, 3.05) is 5.32 Å². The molecule has 7 heteroatoms. The molecule has 0 spiro atoms. The number of nitro benzene ring substituents is 1. The van der Waals surface area contributed by atoms with Crippen molar-refractivity contribution < 1.29 is 19.2 Å². The highest BCUT2D eigenvalue weighted by Crippen LogP contribution is 2.38. The Morgan fingerprint density at radius 2 is 2.16 bits per heavy atom. The topological polar surface area (TPSA) is 92.5 Å². The quantitative estimate of drug-likeness (QED) is 0.632. The Morgan fingerprint density at radius 3 is 2.63 bits per heavy atom. The third kappa shape index (κ3) is 2.98. The van der Waals surface area contributed by atoms with Crippen LogP contribution >= 0.6 is 0 Å². The summed E-state index contributed by atoms with van der Waals surface area (Å²) in [6, 6.07) is 3.18. The van der Waals surface area contributed by atoms with E-state index in [0.717, 1.165) is 18.6 Å². The highest BCUT2D eigenvalue weighted by atomic mass is 19.1. The van der Waals surface area contributed by atoms with Gasteiger partial charge in [0.05, 0.1) is 17.4 Å². The monoisotopic (exact) mass is 268 g/mol. The molecule has 19 heavy (non-hydrogen) atoms. The van der Waals surface area contributed by atoms with Gasteiger partial charge in [0, 0.05) is 17.3 Å². The summed E-state index contributed by atoms with van der Waals surface area (Å²) in [6.07, 6.45) is 2.11. The minimum Gasteiger partial charge on any atom is -0.481 e. The second-order valence-electron chi connectivity index (χ2n) is 4.78. The van der Waals surface area contributed by atoms with Gasteiger partial charge in [-0.15, -0.1) is 0 Å². The van der Waals surface area contributed by atoms with Gasteiger partial charge in [-0.3, -0.25) is 14.9 Å². The van der Waals surface area contributed by atoms with Crippen LogP contribution in [0.1, 0.15) is 25.7 Å². The molecule has 102 valence electrons. The van der Waals surface area contributed by atoms with Crippen molar-refractivity contribution in [1.82, 2.24) is 0 Å². The second-order valence-corrected chi connectivity index (χ2v) is 4.78. The number of aliphatic carboxylic acids is 1. The molecule has 0 radical (unpaired) electrons. The lowest BCUT2D eigenvalue weighted by Gasteiger charge is -2.42. The molecular formula is C12H13FN2O4. The van der Waals surface area contributed by atoms with Gasteiger partial charge in [0.15, 0.2) is 0 Å². The fraction of sp³-hybridized carbons (Fsp3) is 0.417. The third-order valence-electron chi connectivity index (χ3n) is 3.30. The molecule has 1 saturated carbocycles. The van der Waals surface area contributed by atoms with E-state index >= 15 is 0 Å². The molecule has 0 heterocycles. The molecule has 0 amide bonds. The van der Waals surface area contributed by atoms with Crippen LogP contribution in [0, 0.1) is 15.9 Å². The first kappa shape index (κ1) is 13.3. The number of nitrogens with one attached hydrogen (secondary N) is 1. The summed E-state index contributed by atoms with van der Waals surface area (Å²) in [7, 11) is 0. The predicted octanol–water partition coefficient (Wildman–Crippen LogP) is 2.54. The molecule has 1 aliphatic carbocycles. The zero-order valence-electron chi connectivity index (χ0n) is 10.1. The number of carboxylic acids is 1. The van der Waals surface area contributed by atoms with Gasteiger partial charge < -0.3 is 10.4 Å². The fourth-order valence-corrected chi connectivity index (χ4v) is 2.30. The van der Waals surface area contributed by atoms with E-state index in [9.17, 15) is 19.3 Å². The number of non-ortho nitro benzene ring substituents is 1. The first-order valence-electron chi connectivity index (χ1n) is 5.85. The summed E-state index contributed by atoms with van der Waals surface area (Å²) in [4.78, 5) is 20.8. The summed E-state index contributed by atoms with van der Waals surface area (Å²) in [5.41, 5.74) is -0.729. The van der Waals surface area contributed by atoms with E-state index in [1.165, 1.54) is 6.07 Å². The summed E-state index contributed by atoms with van der Waals surface area (Å²) >= 11 is 0. The maximum absolute atomic E-state index is 13.3. The van der Waals surface area contributed by atoms with Crippen molar-refractivity contribution in [3.05, 3.63) is 34.1 Å². The van der Waals surface area contributed by atoms with Gasteiger partial charge in [-0.05, 0) is 25.3 Å². The number of nitrogens with zero attached hydrogens (tertiary/aromatic N) is 1. The first-order valence-corrected chi connectivity index (χ1v) is 5.85. The lowest BCUT2D eigenvalue weighted by molar-refractivity contribution is -0.385. The third-order valence-corrected chi connectivity index (χ3v) is 3.30. The lowest BCUT2D eigenvalue weighted by Crippen LogP contribution is -2.46. The molecule has 6 nitrogen and oxygen atoms in total. The smallest absolute Gasteiger partial charge is 0.305 e. The van der Waals surface area contributed by atoms with Crippen molar-refractivity contribution in [3.63, 3.8) is 0 Å². The Balaban J connectivity index is 2.22. The largest absolute Gasteiger partial charge is 0.481 e. The molecule has 0 saturated heterocycles. The normalized spacial score (nSPS) is 16.5. The summed E-state index contributed by atoms with van der Waals surface area (Å²) in [5.74, 6) is -1.67. The van der Waals surface area contributed by atoms with E-state index in [1.807, 2.05) is 0 Å². The zero-order valence-corrected chi connectivity index (χ0v) is 10.1. The van der Waals surface area contributed by atoms with Crippen LogP contribution in [0.15, 0.2) is 18.2 Å². The first-order chi connectivity index (χ1) is 8.90. The number of benzene rings is 1. The van der Waals surface area contributed by atoms with E-state index in [2.05, 4.69) is 5.32 Å². The van der Waals surface area contributed by atoms with Crippen LogP contribution in [-0.4, -0.2) is 21.5 Å². The SMILES string of the molecule is O=C(O)CC1(Nc2cc(F)cc([N+](=O)[O-])c2)CCC1. The van der Waals surface area contributed by atoms with Gasteiger partial charge >= 0.3 is 5.97 Å². The van der Waals surface area contributed by atoms with Crippen LogP contribution in [0.5, 0.6) is 0 Å². The molecule has 0 bridgehead atoms. The molecule has 1 aliphatic rings. The van der Waals surface area contributed by atoms with E-state index in [0.29, 0.717) is 12.8 Å². The predicted molar refractivity (Wildman–Crippen MR) is 65.5 cm³/mol. The average Bonchev–Trinajstić information content (AvgIpc) is 2.24. The van der Waals surface area contributed by atoms with Crippen molar-refractivity contribution in [2.45, 2.75) is 31.2 Å². The standard InChI is InChI=1S/C12H13FN2O4/c13-8-4-9(6-10(5-8)15(18)19)14-12(2-1-3-12)7-11(16)17/h4-6,14H,1-3,7H2,(H,16,17). The van der Waals surface area contributed by atoms with Crippen molar-refractivity contribution in [3.8, 4) is 0 Å². The Hall–Kier alpha value is -2.18. The Kier molecular flexibility index (Phi) is 3.37. The molecule has 1 aromatic carbocycles. The molecule has 0 aliphatic heterocycles. The van der Waals surface area contributed by atoms with Crippen LogP contribution in [-0.2, 0) is 4.79 Å². The Labute approximate surface area is 108 Å². The van der Waals surface area contributed by atoms with Gasteiger partial charge in [0.25, 0.3) is 5.69 Å². The maximum atomic E-state index is 13.3. The van der Waals surface area contributed by atoms with E-state index in [1.54, 1.807) is 0 Å². The summed E-state index contributed by atoms with van der Waals surface area (Å²) in [5, 5.41) is 22.5. The Morgan fingerprint density at radius 1 is 1.47 bits per heavy atom. The molecule has 2 N–H and O–H groups in total. The highest BCUT2D eigenvalue weighted by molar-refractivity contribution is 5.70. The fourth-order valence-electron chi connectivity index (χ4n) is 2.30. The van der Waals surface area contributed by atoms with Gasteiger partial charge in [-0.1, -0.05) is 0 Å². The number of halogens is 1. The van der Waals surface area contributed by atoms with Gasteiger partial charge in [0.1, 0.15) is 5.82 Å². The van der Waals surface area contributed by atoms with Gasteiger partial charge in [0.2, 0.25) is 0 Å². The Bertz CT molecular complexity index is 528. The number of anilines is 1. The van der Waals surface area contributed by atoms with E-state index < -0.39 is 22.2 Å². The molecule has 0 unspecified atom stereocenters. The molecule has 1 aromatic rings. The molecule has 0 atom stereocenters. The van der Waals surface area contributed by atoms with Crippen molar-refractivity contribution >= 4 is 17.3 Å². The van der Waals surface area contributed by atoms with Crippen LogP contribution in [0.4, 0.5) is 15.8 Å². The van der Waals surface area contributed by atoms with Crippen molar-refractivity contribution in [1.29, 1.82) is 0 Å². The molecule has 2 rings (SSSR count). The minimum absolute atomic E-state index is 0.0860. The number of carbonyl (C=O) groups is 1. The highest BCUT2D eigenvalue weighted by Gasteiger charge is 2.39. The number of hydrogen-bond acceptors (Lipinski definition) is 4. The van der Waals surface area contributed by atoms with Gasteiger partial charge in [-0.25, -0.2) is 4.39 Å². The van der Waals surface area contributed by atoms with Crippen LogP contribution in [0.2, 0.25) is 0 Å². The zero-order chi connectivity index (χ0) is 14.0. The molecular weight excluding hydrogens is 255 g/mol. The number of hydrogen-bond donors (Lipinski definition) is 2. The summed E-state index contributed by atoms with van der Waals surface area (Å²) < 4.78 is 13.3. The van der Waals surface area contributed by atoms with Crippen LogP contribution in [0.3, 0.4) is 0 Å². The lowest BCUT2D eigenvalue weighted by atomic mass is 9.74.